The van der Waals surface area contributed by atoms with Crippen molar-refractivity contribution in [1.29, 1.82) is 0 Å². The predicted octanol–water partition coefficient (Wildman–Crippen LogP) is 6.67. The second-order valence-electron chi connectivity index (χ2n) is 13.8. The summed E-state index contributed by atoms with van der Waals surface area (Å²) in [5.74, 6) is 1.36. The van der Waals surface area contributed by atoms with E-state index in [0.29, 0.717) is 23.5 Å². The van der Waals surface area contributed by atoms with Crippen molar-refractivity contribution in [3.63, 3.8) is 0 Å². The van der Waals surface area contributed by atoms with Gasteiger partial charge in [0.2, 0.25) is 8.32 Å². The lowest BCUT2D eigenvalue weighted by Gasteiger charge is -2.36. The molecule has 0 fully saturated rings. The Morgan fingerprint density at radius 1 is 0.913 bits per heavy atom. The summed E-state index contributed by atoms with van der Waals surface area (Å²) in [6.45, 7) is 16.5. The number of aliphatic hydroxyl groups excluding tert-OH is 1. The van der Waals surface area contributed by atoms with Gasteiger partial charge in [-0.2, -0.15) is 0 Å². The van der Waals surface area contributed by atoms with E-state index in [-0.39, 0.29) is 29.6 Å². The van der Waals surface area contributed by atoms with Crippen LogP contribution in [0.25, 0.3) is 0 Å². The number of hydrogen-bond donors (Lipinski definition) is 3. The van der Waals surface area contributed by atoms with Gasteiger partial charge in [0.05, 0.1) is 11.4 Å². The summed E-state index contributed by atoms with van der Waals surface area (Å²) in [7, 11) is -5.74. The molecule has 0 saturated carbocycles. The Hall–Kier alpha value is -3.74. The van der Waals surface area contributed by atoms with E-state index in [1.165, 1.54) is 29.2 Å². The van der Waals surface area contributed by atoms with Crippen molar-refractivity contribution in [2.24, 2.45) is 0 Å². The molecule has 10 nitrogen and oxygen atoms in total. The zero-order valence-electron chi connectivity index (χ0n) is 28.2. The molecule has 0 spiro atoms. The van der Waals surface area contributed by atoms with E-state index in [2.05, 4.69) is 38.6 Å². The highest BCUT2D eigenvalue weighted by molar-refractivity contribution is 7.92. The number of nitrogen functional groups attached to an aromatic ring is 1. The first-order valence-corrected chi connectivity index (χ1v) is 19.7. The van der Waals surface area contributed by atoms with Crippen molar-refractivity contribution >= 4 is 35.8 Å². The molecule has 0 heterocycles. The third-order valence-corrected chi connectivity index (χ3v) is 13.4. The first-order valence-electron chi connectivity index (χ1n) is 15.3. The minimum atomic E-state index is -3.77. The monoisotopic (exact) mass is 671 g/mol. The lowest BCUT2D eigenvalue weighted by Crippen LogP contribution is -2.43. The molecule has 0 aliphatic carbocycles. The van der Waals surface area contributed by atoms with Crippen LogP contribution in [0.2, 0.25) is 18.1 Å². The predicted molar refractivity (Wildman–Crippen MR) is 185 cm³/mol. The zero-order chi connectivity index (χ0) is 34.3. The van der Waals surface area contributed by atoms with Gasteiger partial charge >= 0.3 is 6.09 Å². The van der Waals surface area contributed by atoms with Gasteiger partial charge in [-0.15, -0.1) is 0 Å². The highest BCUT2D eigenvalue weighted by Crippen LogP contribution is 2.37. The van der Waals surface area contributed by atoms with Crippen LogP contribution in [0.5, 0.6) is 11.5 Å². The number of benzene rings is 3. The second kappa shape index (κ2) is 14.8. The fourth-order valence-corrected chi connectivity index (χ4v) is 6.09. The molecule has 0 aliphatic heterocycles. The van der Waals surface area contributed by atoms with E-state index in [0.717, 1.165) is 11.3 Å². The molecule has 3 rings (SSSR count). The maximum atomic E-state index is 13.0. The number of carbonyl (C=O) groups is 1. The number of aliphatic hydroxyl groups is 1. The number of nitrogens with zero attached hydrogens (tertiary/aromatic N) is 1. The average Bonchev–Trinajstić information content (AvgIpc) is 2.94. The number of amides is 1. The summed E-state index contributed by atoms with van der Waals surface area (Å²) in [4.78, 5) is 14.6. The van der Waals surface area contributed by atoms with Crippen LogP contribution in [0.4, 0.5) is 16.2 Å². The molecule has 12 heteroatoms. The van der Waals surface area contributed by atoms with E-state index < -0.39 is 36.1 Å². The Kier molecular flexibility index (Phi) is 11.8. The molecule has 4 N–H and O–H groups in total. The van der Waals surface area contributed by atoms with E-state index in [9.17, 15) is 18.3 Å². The standard InChI is InChI=1S/C34H49N3O7SSi/c1-33(2,3)43-32(39)37(23-28(38)24-42-29-15-17-30(18-16-29)44-46(7,8)34(4,5)6)22-21-25-9-13-27(14-10-25)36-45(40,41)31-19-11-26(35)12-20-31/h9-20,28,36,38H,21-24,35H2,1-8H3/t28-/m0/s1. The summed E-state index contributed by atoms with van der Waals surface area (Å²) in [6.07, 6.45) is -1.07. The van der Waals surface area contributed by atoms with Gasteiger partial charge in [0.1, 0.15) is 29.8 Å². The highest BCUT2D eigenvalue weighted by Gasteiger charge is 2.39. The molecule has 0 aromatic heterocycles. The van der Waals surface area contributed by atoms with E-state index in [1.807, 2.05) is 12.1 Å². The summed E-state index contributed by atoms with van der Waals surface area (Å²) < 4.78 is 45.7. The van der Waals surface area contributed by atoms with Crippen molar-refractivity contribution in [3.8, 4) is 11.5 Å². The summed E-state index contributed by atoms with van der Waals surface area (Å²) in [5.41, 5.74) is 6.69. The molecule has 3 aromatic rings. The van der Waals surface area contributed by atoms with Crippen LogP contribution < -0.4 is 19.6 Å². The fourth-order valence-electron chi connectivity index (χ4n) is 4.00. The second-order valence-corrected chi connectivity index (χ2v) is 20.3. The molecule has 3 aromatic carbocycles. The minimum absolute atomic E-state index is 0.000945. The molecule has 0 bridgehead atoms. The maximum Gasteiger partial charge on any atom is 0.410 e. The topological polar surface area (TPSA) is 140 Å². The lowest BCUT2D eigenvalue weighted by atomic mass is 10.1. The van der Waals surface area contributed by atoms with Gasteiger partial charge < -0.3 is 29.6 Å². The molecular formula is C34H49N3O7SSi. The number of hydrogen-bond acceptors (Lipinski definition) is 8. The van der Waals surface area contributed by atoms with Gasteiger partial charge in [-0.3, -0.25) is 4.72 Å². The van der Waals surface area contributed by atoms with Gasteiger partial charge in [0.15, 0.2) is 0 Å². The Morgan fingerprint density at radius 3 is 2.02 bits per heavy atom. The highest BCUT2D eigenvalue weighted by atomic mass is 32.2. The van der Waals surface area contributed by atoms with Crippen LogP contribution in [-0.4, -0.2) is 64.2 Å². The van der Waals surface area contributed by atoms with Gasteiger partial charge in [0, 0.05) is 17.9 Å². The fraction of sp³-hybridized carbons (Fsp3) is 0.441. The SMILES string of the molecule is CC(C)(C)OC(=O)N(CCc1ccc(NS(=O)(=O)c2ccc(N)cc2)cc1)C[C@H](O)COc1ccc(O[Si](C)(C)C(C)(C)C)cc1. The molecule has 252 valence electrons. The maximum absolute atomic E-state index is 13.0. The number of nitrogens with two attached hydrogens (primary N) is 1. The van der Waals surface area contributed by atoms with Crippen molar-refractivity contribution < 1.29 is 32.2 Å². The largest absolute Gasteiger partial charge is 0.543 e. The summed E-state index contributed by atoms with van der Waals surface area (Å²) in [6, 6.07) is 20.2. The van der Waals surface area contributed by atoms with Crippen molar-refractivity contribution in [3.05, 3.63) is 78.4 Å². The number of ether oxygens (including phenoxy) is 2. The van der Waals surface area contributed by atoms with Crippen molar-refractivity contribution in [2.75, 3.05) is 30.2 Å². The van der Waals surface area contributed by atoms with E-state index in [1.54, 1.807) is 57.2 Å². The lowest BCUT2D eigenvalue weighted by molar-refractivity contribution is 0.00944. The molecule has 0 aliphatic rings. The van der Waals surface area contributed by atoms with Crippen LogP contribution >= 0.6 is 0 Å². The number of rotatable bonds is 13. The molecular weight excluding hydrogens is 623 g/mol. The zero-order valence-corrected chi connectivity index (χ0v) is 30.0. The van der Waals surface area contributed by atoms with Crippen LogP contribution in [0.15, 0.2) is 77.7 Å². The number of anilines is 2. The molecule has 0 radical (unpaired) electrons. The summed E-state index contributed by atoms with van der Waals surface area (Å²) in [5, 5.41) is 10.9. The third-order valence-electron chi connectivity index (χ3n) is 7.60. The molecule has 46 heavy (non-hydrogen) atoms. The first kappa shape index (κ1) is 36.7. The number of nitrogens with one attached hydrogen (secondary N) is 1. The Labute approximate surface area is 275 Å². The van der Waals surface area contributed by atoms with E-state index >= 15 is 0 Å². The number of carbonyl (C=O) groups excluding carboxylic acids is 1. The normalized spacial score (nSPS) is 13.1. The van der Waals surface area contributed by atoms with Gasteiger partial charge in [-0.05, 0) is 112 Å². The molecule has 0 saturated heterocycles. The Balaban J connectivity index is 1.59. The van der Waals surface area contributed by atoms with Crippen LogP contribution in [-0.2, 0) is 21.2 Å². The minimum Gasteiger partial charge on any atom is -0.543 e. The molecule has 0 unspecified atom stereocenters. The Morgan fingerprint density at radius 2 is 1.48 bits per heavy atom. The third kappa shape index (κ3) is 11.3. The Bertz CT molecular complexity index is 1530. The number of sulfonamides is 1. The van der Waals surface area contributed by atoms with Gasteiger partial charge in [0.25, 0.3) is 10.0 Å². The molecule has 1 amide bonds. The average molecular weight is 672 g/mol. The van der Waals surface area contributed by atoms with E-state index in [4.69, 9.17) is 19.6 Å². The van der Waals surface area contributed by atoms with Crippen LogP contribution in [0.1, 0.15) is 47.1 Å². The van der Waals surface area contributed by atoms with Gasteiger partial charge in [-0.1, -0.05) is 32.9 Å². The van der Waals surface area contributed by atoms with Crippen molar-refractivity contribution in [1.82, 2.24) is 4.90 Å². The van der Waals surface area contributed by atoms with Gasteiger partial charge in [-0.25, -0.2) is 13.2 Å². The van der Waals surface area contributed by atoms with Crippen LogP contribution in [0, 0.1) is 0 Å². The quantitative estimate of drug-likeness (QED) is 0.135. The molecule has 1 atom stereocenters. The smallest absolute Gasteiger partial charge is 0.410 e. The first-order chi connectivity index (χ1) is 21.2. The van der Waals surface area contributed by atoms with Crippen molar-refractivity contribution in [2.45, 2.75) is 82.7 Å². The summed E-state index contributed by atoms with van der Waals surface area (Å²) >= 11 is 0. The van der Waals surface area contributed by atoms with Crippen LogP contribution in [0.3, 0.4) is 0 Å².